The fourth-order valence-corrected chi connectivity index (χ4v) is 3.57. The van der Waals surface area contributed by atoms with Crippen molar-refractivity contribution < 1.29 is 17.6 Å². The largest absolute Gasteiger partial charge is 0.383 e. The van der Waals surface area contributed by atoms with Crippen LogP contribution in [0.3, 0.4) is 0 Å². The van der Waals surface area contributed by atoms with Crippen LogP contribution in [0.1, 0.15) is 17.2 Å². The van der Waals surface area contributed by atoms with Crippen molar-refractivity contribution in [1.82, 2.24) is 29.3 Å². The SMILES string of the molecule is Cc1ncc(-c2cnc(-c3nc(Cc4c(F)ccc(F)c4F)n4cc(F)ccc34)nc2N)[nH]1. The summed E-state index contributed by atoms with van der Waals surface area (Å²) in [6, 6.07) is 4.16. The van der Waals surface area contributed by atoms with Gasteiger partial charge in [-0.05, 0) is 31.2 Å². The van der Waals surface area contributed by atoms with Crippen molar-refractivity contribution in [1.29, 1.82) is 0 Å². The number of imidazole rings is 2. The predicted molar refractivity (Wildman–Crippen MR) is 112 cm³/mol. The van der Waals surface area contributed by atoms with Gasteiger partial charge in [0.2, 0.25) is 0 Å². The van der Waals surface area contributed by atoms with Crippen molar-refractivity contribution in [2.45, 2.75) is 13.3 Å². The van der Waals surface area contributed by atoms with Crippen molar-refractivity contribution in [3.8, 4) is 22.8 Å². The minimum Gasteiger partial charge on any atom is -0.383 e. The van der Waals surface area contributed by atoms with Crippen LogP contribution in [0, 0.1) is 30.2 Å². The average Bonchev–Trinajstić information content (AvgIpc) is 3.37. The lowest BCUT2D eigenvalue weighted by atomic mass is 10.1. The Bertz CT molecular complexity index is 1520. The molecule has 0 bridgehead atoms. The quantitative estimate of drug-likeness (QED) is 0.314. The highest BCUT2D eigenvalue weighted by Gasteiger charge is 2.21. The molecule has 5 aromatic rings. The van der Waals surface area contributed by atoms with Gasteiger partial charge in [0.1, 0.15) is 34.8 Å². The van der Waals surface area contributed by atoms with E-state index in [-0.39, 0.29) is 23.2 Å². The van der Waals surface area contributed by atoms with E-state index in [9.17, 15) is 17.6 Å². The summed E-state index contributed by atoms with van der Waals surface area (Å²) in [4.78, 5) is 20.2. The lowest BCUT2D eigenvalue weighted by Crippen LogP contribution is -2.04. The van der Waals surface area contributed by atoms with Crippen LogP contribution in [0.2, 0.25) is 0 Å². The van der Waals surface area contributed by atoms with Gasteiger partial charge in [-0.3, -0.25) is 4.40 Å². The number of nitrogens with one attached hydrogen (secondary N) is 1. The van der Waals surface area contributed by atoms with Crippen molar-refractivity contribution in [2.24, 2.45) is 0 Å². The van der Waals surface area contributed by atoms with Crippen LogP contribution in [-0.4, -0.2) is 29.3 Å². The molecule has 5 rings (SSSR count). The van der Waals surface area contributed by atoms with Gasteiger partial charge in [-0.15, -0.1) is 0 Å². The number of halogens is 4. The van der Waals surface area contributed by atoms with Crippen LogP contribution >= 0.6 is 0 Å². The van der Waals surface area contributed by atoms with Gasteiger partial charge in [-0.25, -0.2) is 37.5 Å². The Morgan fingerprint density at radius 2 is 1.76 bits per heavy atom. The Labute approximate surface area is 184 Å². The molecule has 0 amide bonds. The molecule has 4 heterocycles. The maximum Gasteiger partial charge on any atom is 0.182 e. The second-order valence-electron chi connectivity index (χ2n) is 7.35. The molecular weight excluding hydrogens is 438 g/mol. The summed E-state index contributed by atoms with van der Waals surface area (Å²) < 4.78 is 57.4. The normalized spacial score (nSPS) is 11.4. The Morgan fingerprint density at radius 3 is 2.48 bits per heavy atom. The van der Waals surface area contributed by atoms with E-state index in [2.05, 4.69) is 24.9 Å². The molecule has 1 aromatic carbocycles. The Kier molecular flexibility index (Phi) is 4.81. The predicted octanol–water partition coefficient (Wildman–Crippen LogP) is 4.22. The molecule has 0 fully saturated rings. The van der Waals surface area contributed by atoms with Crippen LogP contribution in [0.5, 0.6) is 0 Å². The number of aromatic amines is 1. The van der Waals surface area contributed by atoms with Crippen LogP contribution in [-0.2, 0) is 6.42 Å². The third kappa shape index (κ3) is 3.56. The van der Waals surface area contributed by atoms with Gasteiger partial charge >= 0.3 is 0 Å². The molecule has 166 valence electrons. The second kappa shape index (κ2) is 7.69. The topological polar surface area (TPSA) is 97.8 Å². The van der Waals surface area contributed by atoms with Crippen LogP contribution in [0.25, 0.3) is 28.3 Å². The fourth-order valence-electron chi connectivity index (χ4n) is 3.57. The number of nitrogens with two attached hydrogens (primary N) is 1. The molecule has 4 aromatic heterocycles. The lowest BCUT2D eigenvalue weighted by Gasteiger charge is -2.05. The molecule has 0 spiro atoms. The first-order chi connectivity index (χ1) is 15.8. The van der Waals surface area contributed by atoms with Crippen molar-refractivity contribution in [3.05, 3.63) is 83.3 Å². The number of fused-ring (bicyclic) bond motifs is 1. The van der Waals surface area contributed by atoms with Crippen molar-refractivity contribution in [3.63, 3.8) is 0 Å². The highest BCUT2D eigenvalue weighted by Crippen LogP contribution is 2.29. The highest BCUT2D eigenvalue weighted by molar-refractivity contribution is 5.77. The van der Waals surface area contributed by atoms with E-state index in [4.69, 9.17) is 5.73 Å². The summed E-state index contributed by atoms with van der Waals surface area (Å²) in [7, 11) is 0. The molecule has 11 heteroatoms. The number of benzene rings is 1. The molecule has 0 unspecified atom stereocenters. The van der Waals surface area contributed by atoms with Gasteiger partial charge in [0.05, 0.1) is 23.0 Å². The van der Waals surface area contributed by atoms with E-state index >= 15 is 0 Å². The average molecular weight is 453 g/mol. The minimum atomic E-state index is -1.33. The number of pyridine rings is 1. The van der Waals surface area contributed by atoms with E-state index in [1.807, 2.05) is 0 Å². The zero-order valence-corrected chi connectivity index (χ0v) is 17.1. The molecule has 0 saturated carbocycles. The summed E-state index contributed by atoms with van der Waals surface area (Å²) in [5.41, 5.74) is 7.36. The van der Waals surface area contributed by atoms with E-state index in [1.165, 1.54) is 22.7 Å². The molecule has 0 aliphatic heterocycles. The summed E-state index contributed by atoms with van der Waals surface area (Å²) in [6.07, 6.45) is 3.77. The Balaban J connectivity index is 1.63. The number of nitrogens with zero attached hydrogens (tertiary/aromatic N) is 5. The molecule has 3 N–H and O–H groups in total. The third-order valence-corrected chi connectivity index (χ3v) is 5.17. The number of anilines is 1. The van der Waals surface area contributed by atoms with E-state index in [0.717, 1.165) is 12.3 Å². The maximum absolute atomic E-state index is 14.2. The van der Waals surface area contributed by atoms with E-state index in [1.54, 1.807) is 13.1 Å². The second-order valence-corrected chi connectivity index (χ2v) is 7.35. The van der Waals surface area contributed by atoms with Gasteiger partial charge in [0.15, 0.2) is 17.5 Å². The Morgan fingerprint density at radius 1 is 0.970 bits per heavy atom. The number of nitrogen functional groups attached to an aromatic ring is 1. The van der Waals surface area contributed by atoms with Crippen LogP contribution in [0.15, 0.2) is 42.9 Å². The number of aryl methyl sites for hydroxylation is 1. The molecule has 0 radical (unpaired) electrons. The molecule has 33 heavy (non-hydrogen) atoms. The molecule has 0 saturated heterocycles. The summed E-state index contributed by atoms with van der Waals surface area (Å²) >= 11 is 0. The summed E-state index contributed by atoms with van der Waals surface area (Å²) in [6.45, 7) is 1.79. The van der Waals surface area contributed by atoms with Gasteiger partial charge in [0.25, 0.3) is 0 Å². The maximum atomic E-state index is 14.2. The smallest absolute Gasteiger partial charge is 0.182 e. The van der Waals surface area contributed by atoms with Gasteiger partial charge in [0, 0.05) is 24.4 Å². The molecule has 7 nitrogen and oxygen atoms in total. The first-order valence-electron chi connectivity index (χ1n) is 9.75. The lowest BCUT2D eigenvalue weighted by molar-refractivity contribution is 0.481. The number of rotatable bonds is 4. The molecule has 0 aliphatic rings. The van der Waals surface area contributed by atoms with Gasteiger partial charge in [-0.1, -0.05) is 0 Å². The van der Waals surface area contributed by atoms with Crippen LogP contribution in [0.4, 0.5) is 23.4 Å². The van der Waals surface area contributed by atoms with Crippen LogP contribution < -0.4 is 5.73 Å². The number of hydrogen-bond donors (Lipinski definition) is 2. The van der Waals surface area contributed by atoms with Gasteiger partial charge < -0.3 is 10.7 Å². The minimum absolute atomic E-state index is 0.0679. The zero-order valence-electron chi connectivity index (χ0n) is 17.1. The third-order valence-electron chi connectivity index (χ3n) is 5.17. The summed E-state index contributed by atoms with van der Waals surface area (Å²) in [5.74, 6) is -3.03. The number of hydrogen-bond acceptors (Lipinski definition) is 5. The molecule has 0 aliphatic carbocycles. The van der Waals surface area contributed by atoms with Gasteiger partial charge in [-0.2, -0.15) is 0 Å². The van der Waals surface area contributed by atoms with Crippen molar-refractivity contribution in [2.75, 3.05) is 5.73 Å². The first kappa shape index (κ1) is 20.6. The highest BCUT2D eigenvalue weighted by atomic mass is 19.2. The standard InChI is InChI=1S/C22H15F4N7/c1-10-28-8-16(30-10)13-7-29-22(32-21(13)27)20-17-5-2-11(23)9-33(17)18(31-20)6-12-14(24)3-4-15(25)19(12)26/h2-5,7-9H,6H2,1H3,(H,28,30)(H2,27,29,32). The molecular formula is C22H15F4N7. The van der Waals surface area contributed by atoms with E-state index in [0.29, 0.717) is 28.7 Å². The number of H-pyrrole nitrogens is 1. The van der Waals surface area contributed by atoms with Crippen molar-refractivity contribution >= 4 is 11.3 Å². The fraction of sp³-hybridized carbons (Fsp3) is 0.0909. The van der Waals surface area contributed by atoms with E-state index < -0.39 is 35.3 Å². The first-order valence-corrected chi connectivity index (χ1v) is 9.75. The number of aromatic nitrogens is 6. The molecule has 0 atom stereocenters. The monoisotopic (exact) mass is 453 g/mol. The Hall–Kier alpha value is -4.28. The zero-order chi connectivity index (χ0) is 23.3. The summed E-state index contributed by atoms with van der Waals surface area (Å²) in [5, 5.41) is 0.